The van der Waals surface area contributed by atoms with Crippen molar-refractivity contribution in [2.24, 2.45) is 5.41 Å². The third kappa shape index (κ3) is 4.17. The highest BCUT2D eigenvalue weighted by Gasteiger charge is 2.45. The second-order valence-corrected chi connectivity index (χ2v) is 7.97. The molecule has 2 heterocycles. The van der Waals surface area contributed by atoms with Gasteiger partial charge in [-0.1, -0.05) is 12.1 Å². The maximum atomic E-state index is 14.4. The Balaban J connectivity index is 1.68. The molecule has 3 aromatic rings. The average Bonchev–Trinajstić information content (AvgIpc) is 2.80. The number of aromatic nitrogens is 2. The summed E-state index contributed by atoms with van der Waals surface area (Å²) in [7, 11) is 0. The van der Waals surface area contributed by atoms with Crippen LogP contribution in [-0.2, 0) is 16.0 Å². The van der Waals surface area contributed by atoms with Crippen LogP contribution in [0.3, 0.4) is 0 Å². The van der Waals surface area contributed by atoms with E-state index in [4.69, 9.17) is 4.74 Å². The number of esters is 1. The van der Waals surface area contributed by atoms with Crippen molar-refractivity contribution in [3.8, 4) is 0 Å². The fraction of sp³-hybridized carbons (Fsp3) is 0.333. The number of hydrogen-bond acceptors (Lipinski definition) is 5. The number of likely N-dealkylation sites (tertiary alicyclic amines) is 1. The lowest BCUT2D eigenvalue weighted by atomic mass is 9.74. The maximum Gasteiger partial charge on any atom is 0.314 e. The molecule has 1 aliphatic heterocycles. The molecule has 0 N–H and O–H groups in total. The first-order chi connectivity index (χ1) is 15.4. The minimum Gasteiger partial charge on any atom is -0.466 e. The Morgan fingerprint density at radius 2 is 1.97 bits per heavy atom. The summed E-state index contributed by atoms with van der Waals surface area (Å²) in [5, 5.41) is 0. The summed E-state index contributed by atoms with van der Waals surface area (Å²) in [6.45, 7) is 2.38. The van der Waals surface area contributed by atoms with Crippen molar-refractivity contribution >= 4 is 22.9 Å². The van der Waals surface area contributed by atoms with Crippen LogP contribution in [0.15, 0.2) is 48.8 Å². The highest BCUT2D eigenvalue weighted by atomic mass is 19.1. The Morgan fingerprint density at radius 1 is 1.16 bits per heavy atom. The molecule has 0 spiro atoms. The molecule has 1 saturated heterocycles. The molecule has 1 aromatic heterocycles. The first-order valence-electron chi connectivity index (χ1n) is 10.5. The normalized spacial score (nSPS) is 18.5. The van der Waals surface area contributed by atoms with Crippen LogP contribution in [0.5, 0.6) is 0 Å². The van der Waals surface area contributed by atoms with Crippen molar-refractivity contribution in [2.75, 3.05) is 19.7 Å². The van der Waals surface area contributed by atoms with Gasteiger partial charge in [0.2, 0.25) is 0 Å². The van der Waals surface area contributed by atoms with Gasteiger partial charge in [-0.15, -0.1) is 0 Å². The topological polar surface area (TPSA) is 72.4 Å². The molecular weight excluding hydrogens is 416 g/mol. The molecule has 32 heavy (non-hydrogen) atoms. The van der Waals surface area contributed by atoms with Gasteiger partial charge in [-0.05, 0) is 49.9 Å². The van der Waals surface area contributed by atoms with Gasteiger partial charge in [-0.25, -0.2) is 8.78 Å². The van der Waals surface area contributed by atoms with Gasteiger partial charge in [-0.2, -0.15) is 0 Å². The monoisotopic (exact) mass is 439 g/mol. The van der Waals surface area contributed by atoms with Gasteiger partial charge in [-0.3, -0.25) is 19.6 Å². The smallest absolute Gasteiger partial charge is 0.314 e. The second kappa shape index (κ2) is 8.98. The summed E-state index contributed by atoms with van der Waals surface area (Å²) in [4.78, 5) is 36.6. The van der Waals surface area contributed by atoms with E-state index in [-0.39, 0.29) is 31.0 Å². The number of rotatable bonds is 5. The van der Waals surface area contributed by atoms with Gasteiger partial charge in [0.15, 0.2) is 0 Å². The summed E-state index contributed by atoms with van der Waals surface area (Å²) in [5.74, 6) is -2.17. The maximum absolute atomic E-state index is 14.4. The number of carbonyl (C=O) groups excluding carboxylic acids is 2. The zero-order valence-electron chi connectivity index (χ0n) is 17.7. The first-order valence-corrected chi connectivity index (χ1v) is 10.5. The lowest BCUT2D eigenvalue weighted by molar-refractivity contribution is -0.158. The fourth-order valence-electron chi connectivity index (χ4n) is 4.34. The zero-order chi connectivity index (χ0) is 22.7. The molecule has 2 aromatic carbocycles. The number of amides is 1. The first kappa shape index (κ1) is 21.8. The van der Waals surface area contributed by atoms with Gasteiger partial charge in [0.1, 0.15) is 17.2 Å². The van der Waals surface area contributed by atoms with Crippen molar-refractivity contribution in [2.45, 2.75) is 26.2 Å². The summed E-state index contributed by atoms with van der Waals surface area (Å²) >= 11 is 0. The molecule has 1 amide bonds. The third-order valence-electron chi connectivity index (χ3n) is 5.85. The second-order valence-electron chi connectivity index (χ2n) is 7.97. The Morgan fingerprint density at radius 3 is 2.75 bits per heavy atom. The van der Waals surface area contributed by atoms with E-state index in [2.05, 4.69) is 9.97 Å². The standard InChI is InChI=1S/C24H23F2N3O3/c1-2-32-23(31)24(14-16-7-8-17(25)13-19(16)26)9-4-12-29(15-24)22(30)18-5-3-6-20-21(18)28-11-10-27-20/h3,5-8,10-11,13H,2,4,9,12,14-15H2,1H3/t24-/m0/s1. The van der Waals surface area contributed by atoms with Crippen molar-refractivity contribution in [1.29, 1.82) is 0 Å². The number of piperidine rings is 1. The summed E-state index contributed by atoms with van der Waals surface area (Å²) in [6.07, 6.45) is 4.07. The molecule has 1 aliphatic rings. The molecule has 1 atom stereocenters. The van der Waals surface area contributed by atoms with E-state index < -0.39 is 23.0 Å². The predicted octanol–water partition coefficient (Wildman–Crippen LogP) is 3.94. The molecule has 0 radical (unpaired) electrons. The lowest BCUT2D eigenvalue weighted by Crippen LogP contribution is -2.51. The Bertz CT molecular complexity index is 1160. The quantitative estimate of drug-likeness (QED) is 0.563. The Kier molecular flexibility index (Phi) is 6.12. The molecular formula is C24H23F2N3O3. The van der Waals surface area contributed by atoms with Crippen molar-refractivity contribution < 1.29 is 23.1 Å². The molecule has 0 bridgehead atoms. The molecule has 6 nitrogen and oxygen atoms in total. The van der Waals surface area contributed by atoms with E-state index in [0.717, 1.165) is 12.1 Å². The number of nitrogens with zero attached hydrogens (tertiary/aromatic N) is 3. The number of ether oxygens (including phenoxy) is 1. The van der Waals surface area contributed by atoms with Crippen LogP contribution in [0.1, 0.15) is 35.7 Å². The Hall–Kier alpha value is -3.42. The van der Waals surface area contributed by atoms with Gasteiger partial charge in [0.25, 0.3) is 5.91 Å². The minimum atomic E-state index is -1.13. The van der Waals surface area contributed by atoms with E-state index in [0.29, 0.717) is 36.0 Å². The molecule has 0 aliphatic carbocycles. The van der Waals surface area contributed by atoms with Crippen LogP contribution >= 0.6 is 0 Å². The lowest BCUT2D eigenvalue weighted by Gasteiger charge is -2.41. The van der Waals surface area contributed by atoms with Gasteiger partial charge < -0.3 is 9.64 Å². The van der Waals surface area contributed by atoms with E-state index >= 15 is 0 Å². The number of para-hydroxylation sites is 1. The number of halogens is 2. The highest BCUT2D eigenvalue weighted by molar-refractivity contribution is 6.04. The molecule has 166 valence electrons. The van der Waals surface area contributed by atoms with Crippen molar-refractivity contribution in [3.05, 3.63) is 71.6 Å². The van der Waals surface area contributed by atoms with Crippen LogP contribution in [-0.4, -0.2) is 46.4 Å². The van der Waals surface area contributed by atoms with E-state index in [1.807, 2.05) is 0 Å². The fourth-order valence-corrected chi connectivity index (χ4v) is 4.34. The van der Waals surface area contributed by atoms with E-state index in [1.165, 1.54) is 12.3 Å². The highest BCUT2D eigenvalue weighted by Crippen LogP contribution is 2.37. The van der Waals surface area contributed by atoms with E-state index in [1.54, 1.807) is 36.2 Å². The number of benzene rings is 2. The van der Waals surface area contributed by atoms with Crippen molar-refractivity contribution in [3.63, 3.8) is 0 Å². The van der Waals surface area contributed by atoms with Crippen LogP contribution < -0.4 is 0 Å². The van der Waals surface area contributed by atoms with Crippen LogP contribution in [0.4, 0.5) is 8.78 Å². The number of hydrogen-bond donors (Lipinski definition) is 0. The summed E-state index contributed by atoms with van der Waals surface area (Å²) in [5.41, 5.74) is 0.559. The largest absolute Gasteiger partial charge is 0.466 e. The van der Waals surface area contributed by atoms with Crippen LogP contribution in [0, 0.1) is 17.0 Å². The minimum absolute atomic E-state index is 0.0110. The average molecular weight is 439 g/mol. The summed E-state index contributed by atoms with van der Waals surface area (Å²) in [6, 6.07) is 8.50. The number of fused-ring (bicyclic) bond motifs is 1. The molecule has 4 rings (SSSR count). The van der Waals surface area contributed by atoms with Gasteiger partial charge in [0, 0.05) is 31.5 Å². The SMILES string of the molecule is CCOC(=O)[C@]1(Cc2ccc(F)cc2F)CCCN(C(=O)c2cccc3nccnc23)C1. The van der Waals surface area contributed by atoms with Crippen LogP contribution in [0.25, 0.3) is 11.0 Å². The number of carbonyl (C=O) groups is 2. The zero-order valence-corrected chi connectivity index (χ0v) is 17.7. The summed E-state index contributed by atoms with van der Waals surface area (Å²) < 4.78 is 33.1. The Labute approximate surface area is 184 Å². The van der Waals surface area contributed by atoms with Gasteiger partial charge >= 0.3 is 5.97 Å². The van der Waals surface area contributed by atoms with E-state index in [9.17, 15) is 18.4 Å². The van der Waals surface area contributed by atoms with Crippen molar-refractivity contribution in [1.82, 2.24) is 14.9 Å². The predicted molar refractivity (Wildman–Crippen MR) is 114 cm³/mol. The van der Waals surface area contributed by atoms with Gasteiger partial charge in [0.05, 0.1) is 23.1 Å². The third-order valence-corrected chi connectivity index (χ3v) is 5.85. The molecule has 1 fully saturated rings. The molecule has 0 saturated carbocycles. The van der Waals surface area contributed by atoms with Crippen LogP contribution in [0.2, 0.25) is 0 Å². The molecule has 0 unspecified atom stereocenters. The molecule has 8 heteroatoms.